The van der Waals surface area contributed by atoms with Gasteiger partial charge in [0.15, 0.2) is 0 Å². The molecule has 110 valence electrons. The minimum absolute atomic E-state index is 0.233. The van der Waals surface area contributed by atoms with E-state index in [1.807, 2.05) is 0 Å². The van der Waals surface area contributed by atoms with Crippen LogP contribution in [0.25, 0.3) is 0 Å². The Balaban J connectivity index is 2.01. The monoisotopic (exact) mass is 304 g/mol. The predicted octanol–water partition coefficient (Wildman–Crippen LogP) is 2.08. The Labute approximate surface area is 121 Å². The molecule has 0 atom stereocenters. The smallest absolute Gasteiger partial charge is 0.212 e. The highest BCUT2D eigenvalue weighted by Gasteiger charge is 2.40. The second kappa shape index (κ2) is 6.06. The van der Waals surface area contributed by atoms with Crippen molar-refractivity contribution in [3.63, 3.8) is 0 Å². The van der Waals surface area contributed by atoms with Gasteiger partial charge in [0.25, 0.3) is 0 Å². The van der Waals surface area contributed by atoms with Crippen LogP contribution in [0.3, 0.4) is 0 Å². The molecule has 0 aromatic heterocycles. The molecule has 0 aliphatic heterocycles. The normalized spacial score (nSPS) is 24.4. The third kappa shape index (κ3) is 3.89. The Hall–Kier alpha value is -0.200. The fraction of sp³-hybridized carbons (Fsp3) is 0.923. The highest BCUT2D eigenvalue weighted by Crippen LogP contribution is 2.32. The lowest BCUT2D eigenvalue weighted by atomic mass is 9.91. The van der Waals surface area contributed by atoms with Crippen LogP contribution in [0.4, 0.5) is 0 Å². The number of rotatable bonds is 5. The van der Waals surface area contributed by atoms with E-state index in [-0.39, 0.29) is 5.75 Å². The van der Waals surface area contributed by atoms with Crippen LogP contribution in [-0.4, -0.2) is 24.7 Å². The third-order valence-corrected chi connectivity index (χ3v) is 6.46. The van der Waals surface area contributed by atoms with Crippen molar-refractivity contribution in [2.45, 2.75) is 63.3 Å². The van der Waals surface area contributed by atoms with Crippen molar-refractivity contribution < 1.29 is 8.42 Å². The molecule has 2 aliphatic rings. The lowest BCUT2D eigenvalue weighted by Crippen LogP contribution is -2.55. The number of nitrogens with two attached hydrogens (primary N) is 1. The number of hydrogen-bond donors (Lipinski definition) is 2. The van der Waals surface area contributed by atoms with Crippen LogP contribution < -0.4 is 10.5 Å². The molecule has 2 rings (SSSR count). The zero-order chi connectivity index (χ0) is 13.9. The number of hydrogen-bond acceptors (Lipinski definition) is 3. The molecule has 19 heavy (non-hydrogen) atoms. The molecule has 0 heterocycles. The van der Waals surface area contributed by atoms with Crippen molar-refractivity contribution in [2.75, 3.05) is 5.75 Å². The summed E-state index contributed by atoms with van der Waals surface area (Å²) in [5.41, 5.74) is 5.13. The first kappa shape index (κ1) is 15.2. The van der Waals surface area contributed by atoms with Crippen LogP contribution in [0.2, 0.25) is 0 Å². The summed E-state index contributed by atoms with van der Waals surface area (Å²) in [6.45, 7) is 0. The minimum atomic E-state index is -3.29. The summed E-state index contributed by atoms with van der Waals surface area (Å²) in [6.07, 6.45) is 9.06. The molecule has 0 bridgehead atoms. The highest BCUT2D eigenvalue weighted by molar-refractivity contribution is 7.89. The van der Waals surface area contributed by atoms with Gasteiger partial charge in [-0.05, 0) is 31.6 Å². The van der Waals surface area contributed by atoms with Crippen molar-refractivity contribution in [1.82, 2.24) is 4.72 Å². The van der Waals surface area contributed by atoms with Crippen LogP contribution in [0.15, 0.2) is 0 Å². The van der Waals surface area contributed by atoms with Crippen molar-refractivity contribution in [3.05, 3.63) is 0 Å². The average Bonchev–Trinajstić information content (AvgIpc) is 2.78. The molecule has 3 N–H and O–H groups in total. The van der Waals surface area contributed by atoms with E-state index in [0.29, 0.717) is 10.9 Å². The molecular weight excluding hydrogens is 280 g/mol. The lowest BCUT2D eigenvalue weighted by molar-refractivity contribution is 0.381. The summed E-state index contributed by atoms with van der Waals surface area (Å²) in [5.74, 6) is 0.535. The number of sulfonamides is 1. The number of thiocarbonyl (C=S) groups is 1. The summed E-state index contributed by atoms with van der Waals surface area (Å²) >= 11 is 5.09. The molecule has 2 fully saturated rings. The molecule has 0 amide bonds. The predicted molar refractivity (Wildman–Crippen MR) is 81.5 cm³/mol. The van der Waals surface area contributed by atoms with Crippen molar-refractivity contribution >= 4 is 27.2 Å². The van der Waals surface area contributed by atoms with Gasteiger partial charge in [-0.25, -0.2) is 13.1 Å². The molecule has 0 radical (unpaired) electrons. The third-order valence-electron chi connectivity index (χ3n) is 4.46. The van der Waals surface area contributed by atoms with Crippen LogP contribution in [0.5, 0.6) is 0 Å². The van der Waals surface area contributed by atoms with Crippen LogP contribution >= 0.6 is 12.2 Å². The molecule has 4 nitrogen and oxygen atoms in total. The summed E-state index contributed by atoms with van der Waals surface area (Å²) in [4.78, 5) is 0.303. The first-order valence-corrected chi connectivity index (χ1v) is 9.31. The second-order valence-corrected chi connectivity index (χ2v) is 8.25. The van der Waals surface area contributed by atoms with E-state index in [9.17, 15) is 8.42 Å². The Bertz CT molecular complexity index is 422. The van der Waals surface area contributed by atoms with E-state index >= 15 is 0 Å². The van der Waals surface area contributed by atoms with Gasteiger partial charge in [0.1, 0.15) is 0 Å². The fourth-order valence-electron chi connectivity index (χ4n) is 3.38. The van der Waals surface area contributed by atoms with E-state index in [1.54, 1.807) is 0 Å². The van der Waals surface area contributed by atoms with Gasteiger partial charge in [-0.3, -0.25) is 0 Å². The number of nitrogens with one attached hydrogen (secondary N) is 1. The minimum Gasteiger partial charge on any atom is -0.392 e. The first-order valence-electron chi connectivity index (χ1n) is 7.25. The fourth-order valence-corrected chi connectivity index (χ4v) is 5.65. The maximum atomic E-state index is 12.3. The molecule has 2 aliphatic carbocycles. The largest absolute Gasteiger partial charge is 0.392 e. The van der Waals surface area contributed by atoms with Gasteiger partial charge < -0.3 is 5.73 Å². The van der Waals surface area contributed by atoms with Crippen molar-refractivity contribution in [1.29, 1.82) is 0 Å². The van der Waals surface area contributed by atoms with Gasteiger partial charge in [-0.1, -0.05) is 44.3 Å². The zero-order valence-corrected chi connectivity index (χ0v) is 13.0. The Morgan fingerprint density at radius 2 is 1.74 bits per heavy atom. The maximum absolute atomic E-state index is 12.3. The second-order valence-electron chi connectivity index (χ2n) is 6.04. The van der Waals surface area contributed by atoms with Crippen LogP contribution in [-0.2, 0) is 10.0 Å². The topological polar surface area (TPSA) is 72.2 Å². The van der Waals surface area contributed by atoms with Gasteiger partial charge in [0, 0.05) is 0 Å². The summed E-state index contributed by atoms with van der Waals surface area (Å²) in [6, 6.07) is 0. The van der Waals surface area contributed by atoms with Crippen LogP contribution in [0.1, 0.15) is 57.8 Å². The Kier molecular flexibility index (Phi) is 4.84. The van der Waals surface area contributed by atoms with E-state index in [4.69, 9.17) is 18.0 Å². The molecule has 0 saturated heterocycles. The van der Waals surface area contributed by atoms with Gasteiger partial charge in [-0.15, -0.1) is 0 Å². The van der Waals surface area contributed by atoms with Gasteiger partial charge in [-0.2, -0.15) is 0 Å². The van der Waals surface area contributed by atoms with Crippen molar-refractivity contribution in [3.8, 4) is 0 Å². The summed E-state index contributed by atoms with van der Waals surface area (Å²) in [7, 11) is -3.29. The molecule has 6 heteroatoms. The quantitative estimate of drug-likeness (QED) is 0.763. The van der Waals surface area contributed by atoms with E-state index < -0.39 is 15.6 Å². The SMILES string of the molecule is NC(=S)C1(NS(=O)(=O)CC2CCCCC2)CCCC1. The molecule has 0 aromatic carbocycles. The summed E-state index contributed by atoms with van der Waals surface area (Å²) < 4.78 is 27.5. The molecule has 0 spiro atoms. The molecule has 0 unspecified atom stereocenters. The lowest BCUT2D eigenvalue weighted by Gasteiger charge is -2.30. The van der Waals surface area contributed by atoms with E-state index in [1.165, 1.54) is 6.42 Å². The Morgan fingerprint density at radius 1 is 1.16 bits per heavy atom. The molecule has 2 saturated carbocycles. The van der Waals surface area contributed by atoms with E-state index in [2.05, 4.69) is 4.72 Å². The van der Waals surface area contributed by atoms with Gasteiger partial charge in [0.05, 0.1) is 16.3 Å². The molecule has 0 aromatic rings. The van der Waals surface area contributed by atoms with Crippen molar-refractivity contribution in [2.24, 2.45) is 11.7 Å². The zero-order valence-electron chi connectivity index (χ0n) is 11.4. The summed E-state index contributed by atoms with van der Waals surface area (Å²) in [5, 5.41) is 0. The first-order chi connectivity index (χ1) is 8.94. The highest BCUT2D eigenvalue weighted by atomic mass is 32.2. The van der Waals surface area contributed by atoms with E-state index in [0.717, 1.165) is 51.4 Å². The van der Waals surface area contributed by atoms with Crippen LogP contribution in [0, 0.1) is 5.92 Å². The molecular formula is C13H24N2O2S2. The standard InChI is InChI=1S/C13H24N2O2S2/c14-12(18)13(8-4-5-9-13)15-19(16,17)10-11-6-2-1-3-7-11/h11,15H,1-10H2,(H2,14,18). The van der Waals surface area contributed by atoms with Gasteiger partial charge >= 0.3 is 0 Å². The average molecular weight is 304 g/mol. The maximum Gasteiger partial charge on any atom is 0.212 e. The van der Waals surface area contributed by atoms with Gasteiger partial charge in [0.2, 0.25) is 10.0 Å². The Morgan fingerprint density at radius 3 is 2.26 bits per heavy atom.